The third-order valence-corrected chi connectivity index (χ3v) is 3.51. The maximum Gasteiger partial charge on any atom is 0.348 e. The number of hydrogen-bond acceptors (Lipinski definition) is 5. The second-order valence-electron chi connectivity index (χ2n) is 4.41. The molecule has 0 atom stereocenters. The standard InChI is InChI=1S/C11H15ClN4O2/c1-13-11-8(16(17)18)9(12)14-10(15-11)7-5-3-2-4-6-7/h7H,2-6H2,1H3,(H,13,14,15). The van der Waals surface area contributed by atoms with Gasteiger partial charge in [0.25, 0.3) is 0 Å². The molecule has 0 saturated heterocycles. The fourth-order valence-corrected chi connectivity index (χ4v) is 2.57. The highest BCUT2D eigenvalue weighted by atomic mass is 35.5. The smallest absolute Gasteiger partial charge is 0.348 e. The van der Waals surface area contributed by atoms with Crippen LogP contribution in [0.15, 0.2) is 0 Å². The number of nitro groups is 1. The summed E-state index contributed by atoms with van der Waals surface area (Å²) in [6.07, 6.45) is 5.58. The van der Waals surface area contributed by atoms with Crippen molar-refractivity contribution in [2.24, 2.45) is 0 Å². The Morgan fingerprint density at radius 1 is 1.33 bits per heavy atom. The number of hydrogen-bond donors (Lipinski definition) is 1. The van der Waals surface area contributed by atoms with Gasteiger partial charge >= 0.3 is 5.69 Å². The van der Waals surface area contributed by atoms with Gasteiger partial charge in [0.1, 0.15) is 5.82 Å². The van der Waals surface area contributed by atoms with Crippen LogP contribution in [-0.2, 0) is 0 Å². The van der Waals surface area contributed by atoms with Crippen LogP contribution in [0.5, 0.6) is 0 Å². The Kier molecular flexibility index (Phi) is 3.96. The minimum absolute atomic E-state index is 0.0834. The van der Waals surface area contributed by atoms with Crippen LogP contribution in [0.3, 0.4) is 0 Å². The lowest BCUT2D eigenvalue weighted by Gasteiger charge is -2.20. The molecule has 0 aromatic carbocycles. The molecule has 1 N–H and O–H groups in total. The van der Waals surface area contributed by atoms with Crippen LogP contribution >= 0.6 is 11.6 Å². The van der Waals surface area contributed by atoms with Crippen LogP contribution in [0, 0.1) is 10.1 Å². The topological polar surface area (TPSA) is 81.0 Å². The quantitative estimate of drug-likeness (QED) is 0.518. The number of halogens is 1. The summed E-state index contributed by atoms with van der Waals surface area (Å²) in [5.41, 5.74) is -0.251. The van der Waals surface area contributed by atoms with Crippen LogP contribution in [0.4, 0.5) is 11.5 Å². The summed E-state index contributed by atoms with van der Waals surface area (Å²) in [5, 5.41) is 13.5. The fraction of sp³-hybridized carbons (Fsp3) is 0.636. The maximum absolute atomic E-state index is 10.9. The summed E-state index contributed by atoms with van der Waals surface area (Å²) in [5.74, 6) is 1.08. The van der Waals surface area contributed by atoms with Crippen LogP contribution in [-0.4, -0.2) is 21.9 Å². The summed E-state index contributed by atoms with van der Waals surface area (Å²) in [7, 11) is 1.59. The Bertz CT molecular complexity index is 461. The molecule has 0 amide bonds. The van der Waals surface area contributed by atoms with Crippen LogP contribution in [0.25, 0.3) is 0 Å². The molecular formula is C11H15ClN4O2. The zero-order chi connectivity index (χ0) is 13.1. The molecule has 0 aliphatic heterocycles. The zero-order valence-electron chi connectivity index (χ0n) is 10.1. The van der Waals surface area contributed by atoms with Gasteiger partial charge in [0.2, 0.25) is 11.0 Å². The van der Waals surface area contributed by atoms with Gasteiger partial charge in [-0.1, -0.05) is 30.9 Å². The minimum Gasteiger partial charge on any atom is -0.367 e. The van der Waals surface area contributed by atoms with Crippen molar-refractivity contribution >= 4 is 23.1 Å². The van der Waals surface area contributed by atoms with Gasteiger partial charge in [-0.15, -0.1) is 0 Å². The van der Waals surface area contributed by atoms with Gasteiger partial charge in [-0.3, -0.25) is 10.1 Å². The van der Waals surface area contributed by atoms with Crippen molar-refractivity contribution in [1.29, 1.82) is 0 Å². The van der Waals surface area contributed by atoms with Crippen LogP contribution < -0.4 is 5.32 Å². The van der Waals surface area contributed by atoms with Crippen LogP contribution in [0.2, 0.25) is 5.15 Å². The molecule has 0 radical (unpaired) electrons. The molecule has 0 bridgehead atoms. The summed E-state index contributed by atoms with van der Waals surface area (Å²) < 4.78 is 0. The minimum atomic E-state index is -0.557. The third-order valence-electron chi connectivity index (χ3n) is 3.25. The first-order valence-corrected chi connectivity index (χ1v) is 6.41. The largest absolute Gasteiger partial charge is 0.367 e. The van der Waals surface area contributed by atoms with E-state index < -0.39 is 4.92 Å². The lowest BCUT2D eigenvalue weighted by atomic mass is 9.89. The number of nitrogens with zero attached hydrogens (tertiary/aromatic N) is 3. The van der Waals surface area contributed by atoms with Gasteiger partial charge in [0.15, 0.2) is 0 Å². The fourth-order valence-electron chi connectivity index (χ4n) is 2.32. The van der Waals surface area contributed by atoms with Crippen molar-refractivity contribution in [2.75, 3.05) is 12.4 Å². The molecular weight excluding hydrogens is 256 g/mol. The molecule has 1 aliphatic rings. The van der Waals surface area contributed by atoms with E-state index in [0.29, 0.717) is 5.82 Å². The van der Waals surface area contributed by atoms with Crippen LogP contribution in [0.1, 0.15) is 43.8 Å². The first kappa shape index (κ1) is 13.0. The van der Waals surface area contributed by atoms with E-state index in [0.717, 1.165) is 25.7 Å². The highest BCUT2D eigenvalue weighted by Gasteiger charge is 2.26. The van der Waals surface area contributed by atoms with Gasteiger partial charge in [-0.05, 0) is 12.8 Å². The van der Waals surface area contributed by atoms with E-state index in [-0.39, 0.29) is 22.6 Å². The van der Waals surface area contributed by atoms with Gasteiger partial charge in [0, 0.05) is 13.0 Å². The van der Waals surface area contributed by atoms with E-state index in [2.05, 4.69) is 15.3 Å². The first-order valence-electron chi connectivity index (χ1n) is 6.03. The van der Waals surface area contributed by atoms with E-state index in [1.54, 1.807) is 7.05 Å². The zero-order valence-corrected chi connectivity index (χ0v) is 10.9. The van der Waals surface area contributed by atoms with Crippen molar-refractivity contribution < 1.29 is 4.92 Å². The summed E-state index contributed by atoms with van der Waals surface area (Å²) >= 11 is 5.89. The highest BCUT2D eigenvalue weighted by molar-refractivity contribution is 6.31. The second kappa shape index (κ2) is 5.48. The molecule has 1 heterocycles. The summed E-state index contributed by atoms with van der Waals surface area (Å²) in [4.78, 5) is 18.7. The molecule has 1 fully saturated rings. The number of anilines is 1. The van der Waals surface area contributed by atoms with Crippen molar-refractivity contribution in [3.63, 3.8) is 0 Å². The first-order chi connectivity index (χ1) is 8.63. The molecule has 0 spiro atoms. The highest BCUT2D eigenvalue weighted by Crippen LogP contribution is 2.35. The number of rotatable bonds is 3. The maximum atomic E-state index is 10.9. The second-order valence-corrected chi connectivity index (χ2v) is 4.77. The van der Waals surface area contributed by atoms with Gasteiger partial charge in [-0.25, -0.2) is 9.97 Å². The SMILES string of the molecule is CNc1nc(C2CCCCC2)nc(Cl)c1[N+](=O)[O-]. The van der Waals surface area contributed by atoms with Crippen molar-refractivity contribution in [3.05, 3.63) is 21.1 Å². The third kappa shape index (κ3) is 2.53. The summed E-state index contributed by atoms with van der Waals surface area (Å²) in [6.45, 7) is 0. The van der Waals surface area contributed by atoms with Gasteiger partial charge in [-0.2, -0.15) is 0 Å². The molecule has 6 nitrogen and oxygen atoms in total. The Morgan fingerprint density at radius 3 is 2.56 bits per heavy atom. The molecule has 98 valence electrons. The average molecular weight is 271 g/mol. The van der Waals surface area contributed by atoms with E-state index >= 15 is 0 Å². The Hall–Kier alpha value is -1.43. The predicted molar refractivity (Wildman–Crippen MR) is 69.1 cm³/mol. The van der Waals surface area contributed by atoms with E-state index in [1.807, 2.05) is 0 Å². The van der Waals surface area contributed by atoms with E-state index in [9.17, 15) is 10.1 Å². The Labute approximate surface area is 110 Å². The molecule has 1 aliphatic carbocycles. The molecule has 18 heavy (non-hydrogen) atoms. The van der Waals surface area contributed by atoms with Gasteiger partial charge < -0.3 is 5.32 Å². The van der Waals surface area contributed by atoms with E-state index in [1.165, 1.54) is 6.42 Å². The van der Waals surface area contributed by atoms with E-state index in [4.69, 9.17) is 11.6 Å². The number of nitrogens with one attached hydrogen (secondary N) is 1. The normalized spacial score (nSPS) is 16.6. The lowest BCUT2D eigenvalue weighted by Crippen LogP contribution is -2.12. The Morgan fingerprint density at radius 2 is 2.00 bits per heavy atom. The van der Waals surface area contributed by atoms with Crippen molar-refractivity contribution in [1.82, 2.24) is 9.97 Å². The molecule has 2 rings (SSSR count). The predicted octanol–water partition coefficient (Wildman–Crippen LogP) is 3.13. The van der Waals surface area contributed by atoms with Crippen molar-refractivity contribution in [2.45, 2.75) is 38.0 Å². The Balaban J connectivity index is 2.38. The molecule has 7 heteroatoms. The lowest BCUT2D eigenvalue weighted by molar-refractivity contribution is -0.384. The monoisotopic (exact) mass is 270 g/mol. The summed E-state index contributed by atoms with van der Waals surface area (Å²) in [6, 6.07) is 0. The molecule has 0 unspecified atom stereocenters. The molecule has 1 aromatic rings. The molecule has 1 aromatic heterocycles. The number of aromatic nitrogens is 2. The average Bonchev–Trinajstić information content (AvgIpc) is 2.38. The van der Waals surface area contributed by atoms with Crippen molar-refractivity contribution in [3.8, 4) is 0 Å². The van der Waals surface area contributed by atoms with Gasteiger partial charge in [0.05, 0.1) is 4.92 Å². The molecule has 1 saturated carbocycles.